The summed E-state index contributed by atoms with van der Waals surface area (Å²) >= 11 is 0. The molecule has 1 aliphatic rings. The van der Waals surface area contributed by atoms with E-state index in [9.17, 15) is 0 Å². The molecule has 1 heteroatoms. The van der Waals surface area contributed by atoms with E-state index >= 15 is 0 Å². The van der Waals surface area contributed by atoms with Crippen molar-refractivity contribution in [3.63, 3.8) is 0 Å². The third-order valence-corrected chi connectivity index (χ3v) is 11.7. The minimum Gasteiger partial charge on any atom is -0.318 e. The van der Waals surface area contributed by atoms with Gasteiger partial charge in [0.2, 0.25) is 0 Å². The van der Waals surface area contributed by atoms with E-state index in [2.05, 4.69) is 242 Å². The summed E-state index contributed by atoms with van der Waals surface area (Å²) in [6.07, 6.45) is 23.4. The minimum atomic E-state index is -0.335. The fraction of sp³-hybridized carbons (Fsp3) is 0.214. The van der Waals surface area contributed by atoms with Gasteiger partial charge in [0, 0.05) is 23.0 Å². The van der Waals surface area contributed by atoms with E-state index < -0.39 is 0 Å². The van der Waals surface area contributed by atoms with Crippen LogP contribution < -0.4 is 4.90 Å². The van der Waals surface area contributed by atoms with Crippen LogP contribution in [0.2, 0.25) is 0 Å². The van der Waals surface area contributed by atoms with Crippen molar-refractivity contribution in [2.75, 3.05) is 4.90 Å². The van der Waals surface area contributed by atoms with Gasteiger partial charge in [0.15, 0.2) is 0 Å². The molecule has 0 aromatic heterocycles. The monoisotopic (exact) mass is 745 g/mol. The largest absolute Gasteiger partial charge is 0.318 e. The molecule has 2 atom stereocenters. The van der Waals surface area contributed by atoms with Crippen molar-refractivity contribution in [1.29, 1.82) is 0 Å². The molecule has 288 valence electrons. The molecule has 0 saturated carbocycles. The first-order valence-electron chi connectivity index (χ1n) is 20.7. The Labute approximate surface area is 343 Å². The van der Waals surface area contributed by atoms with Crippen molar-refractivity contribution >= 4 is 16.8 Å². The molecule has 2 unspecified atom stereocenters. The Balaban J connectivity index is 1.47. The molecule has 0 heterocycles. The Hall–Kier alpha value is -5.92. The third-order valence-electron chi connectivity index (χ3n) is 11.7. The molecule has 0 bridgehead atoms. The van der Waals surface area contributed by atoms with Crippen LogP contribution in [0.1, 0.15) is 101 Å². The van der Waals surface area contributed by atoms with Crippen LogP contribution >= 0.6 is 0 Å². The third kappa shape index (κ3) is 8.90. The summed E-state index contributed by atoms with van der Waals surface area (Å²) in [4.78, 5) is 2.36. The fourth-order valence-electron chi connectivity index (χ4n) is 8.30. The first kappa shape index (κ1) is 40.7. The molecule has 6 rings (SSSR count). The van der Waals surface area contributed by atoms with Crippen molar-refractivity contribution in [2.24, 2.45) is 0 Å². The van der Waals surface area contributed by atoms with Gasteiger partial charge in [-0.05, 0) is 140 Å². The number of anilines is 1. The maximum atomic E-state index is 2.41. The molecule has 57 heavy (non-hydrogen) atoms. The van der Waals surface area contributed by atoms with Crippen molar-refractivity contribution in [3.05, 3.63) is 233 Å². The molecule has 5 aromatic carbocycles. The molecule has 0 amide bonds. The van der Waals surface area contributed by atoms with E-state index in [-0.39, 0.29) is 5.41 Å². The van der Waals surface area contributed by atoms with Gasteiger partial charge in [-0.25, -0.2) is 0 Å². The summed E-state index contributed by atoms with van der Waals surface area (Å²) in [5.74, 6) is 0.395. The maximum absolute atomic E-state index is 2.41. The summed E-state index contributed by atoms with van der Waals surface area (Å²) in [6, 6.07) is 48.8. The topological polar surface area (TPSA) is 3.24 Å². The first-order valence-corrected chi connectivity index (χ1v) is 20.7. The van der Waals surface area contributed by atoms with Crippen molar-refractivity contribution in [3.8, 4) is 11.1 Å². The van der Waals surface area contributed by atoms with E-state index in [1.165, 1.54) is 61.2 Å². The Morgan fingerprint density at radius 3 is 2.02 bits per heavy atom. The quantitative estimate of drug-likeness (QED) is 0.0762. The zero-order valence-corrected chi connectivity index (χ0v) is 35.0. The van der Waals surface area contributed by atoms with Crippen LogP contribution in [0.15, 0.2) is 205 Å². The summed E-state index contributed by atoms with van der Waals surface area (Å²) < 4.78 is 0. The van der Waals surface area contributed by atoms with Gasteiger partial charge in [-0.1, -0.05) is 177 Å². The number of rotatable bonds is 15. The second-order valence-electron chi connectivity index (χ2n) is 15.2. The van der Waals surface area contributed by atoms with E-state index in [1.54, 1.807) is 0 Å². The lowest BCUT2D eigenvalue weighted by molar-refractivity contribution is 0.604. The number of benzene rings is 5. The lowest BCUT2D eigenvalue weighted by Gasteiger charge is -2.33. The summed E-state index contributed by atoms with van der Waals surface area (Å²) in [6.45, 7) is 15.5. The fourth-order valence-corrected chi connectivity index (χ4v) is 8.30. The molecule has 5 aromatic rings. The Kier molecular flexibility index (Phi) is 13.8. The van der Waals surface area contributed by atoms with E-state index in [1.807, 2.05) is 0 Å². The summed E-state index contributed by atoms with van der Waals surface area (Å²) in [5.41, 5.74) is 16.3. The Morgan fingerprint density at radius 1 is 0.719 bits per heavy atom. The van der Waals surface area contributed by atoms with Crippen LogP contribution in [0.25, 0.3) is 22.3 Å². The Bertz CT molecular complexity index is 2310. The molecule has 0 saturated heterocycles. The predicted molar refractivity (Wildman–Crippen MR) is 249 cm³/mol. The molecule has 0 aliphatic heterocycles. The van der Waals surface area contributed by atoms with Gasteiger partial charge >= 0.3 is 0 Å². The van der Waals surface area contributed by atoms with Gasteiger partial charge in [-0.3, -0.25) is 0 Å². The number of hydrogen-bond donors (Lipinski definition) is 0. The van der Waals surface area contributed by atoms with Crippen LogP contribution in [-0.2, 0) is 5.41 Å². The van der Waals surface area contributed by atoms with Gasteiger partial charge < -0.3 is 4.90 Å². The zero-order valence-electron chi connectivity index (χ0n) is 35.0. The minimum absolute atomic E-state index is 0.335. The van der Waals surface area contributed by atoms with Gasteiger partial charge in [0.1, 0.15) is 0 Å². The molecule has 0 spiro atoms. The van der Waals surface area contributed by atoms with Gasteiger partial charge in [-0.15, -0.1) is 0 Å². The lowest BCUT2D eigenvalue weighted by atomic mass is 9.69. The number of fused-ring (bicyclic) bond motifs is 1. The highest BCUT2D eigenvalue weighted by molar-refractivity contribution is 5.96. The van der Waals surface area contributed by atoms with E-state index in [4.69, 9.17) is 0 Å². The molecule has 0 radical (unpaired) electrons. The smallest absolute Gasteiger partial charge is 0.0461 e. The van der Waals surface area contributed by atoms with Crippen LogP contribution in [0, 0.1) is 0 Å². The van der Waals surface area contributed by atoms with Crippen molar-refractivity contribution < 1.29 is 0 Å². The second-order valence-corrected chi connectivity index (χ2v) is 15.2. The zero-order chi connectivity index (χ0) is 40.2. The summed E-state index contributed by atoms with van der Waals surface area (Å²) in [5, 5.41) is 0. The summed E-state index contributed by atoms with van der Waals surface area (Å²) in [7, 11) is 0. The number of allylic oxidation sites excluding steroid dienone is 12. The van der Waals surface area contributed by atoms with Crippen LogP contribution in [0.5, 0.6) is 0 Å². The maximum Gasteiger partial charge on any atom is 0.0461 e. The van der Waals surface area contributed by atoms with Crippen LogP contribution in [-0.4, -0.2) is 0 Å². The average molecular weight is 746 g/mol. The normalized spacial score (nSPS) is 16.9. The van der Waals surface area contributed by atoms with Crippen molar-refractivity contribution in [1.82, 2.24) is 0 Å². The SMILES string of the molecule is C/C=C\C1=C(/C=C/N(C(/C=C\C/C(C)=C/C)=C/C)c2ccc(C(C)C/C=C(\C)c3ccccc3)cc2)C(CC)(c2ccccc2)c2cccc(-c3ccccc3)c21. The second kappa shape index (κ2) is 19.3. The highest BCUT2D eigenvalue weighted by Gasteiger charge is 2.44. The first-order chi connectivity index (χ1) is 27.9. The van der Waals surface area contributed by atoms with Gasteiger partial charge in [0.05, 0.1) is 0 Å². The van der Waals surface area contributed by atoms with Crippen LogP contribution in [0.4, 0.5) is 5.69 Å². The van der Waals surface area contributed by atoms with Crippen molar-refractivity contribution in [2.45, 2.75) is 79.1 Å². The average Bonchev–Trinajstić information content (AvgIpc) is 3.54. The van der Waals surface area contributed by atoms with Crippen LogP contribution in [0.3, 0.4) is 0 Å². The highest BCUT2D eigenvalue weighted by atomic mass is 15.1. The van der Waals surface area contributed by atoms with Gasteiger partial charge in [-0.2, -0.15) is 0 Å². The van der Waals surface area contributed by atoms with E-state index in [0.29, 0.717) is 5.92 Å². The van der Waals surface area contributed by atoms with E-state index in [0.717, 1.165) is 30.6 Å². The number of hydrogen-bond acceptors (Lipinski definition) is 1. The predicted octanol–water partition coefficient (Wildman–Crippen LogP) is 15.8. The molecular formula is C56H59N. The molecule has 1 nitrogen and oxygen atoms in total. The number of nitrogens with zero attached hydrogens (tertiary/aromatic N) is 1. The Morgan fingerprint density at radius 2 is 1.39 bits per heavy atom. The van der Waals surface area contributed by atoms with Gasteiger partial charge in [0.25, 0.3) is 0 Å². The highest BCUT2D eigenvalue weighted by Crippen LogP contribution is 2.55. The standard InChI is InChI=1S/C56H59N/c1-8-23-52-53(56(11-4,48-29-19-14-20-30-48)54-33-22-32-51(55(52)54)47-27-17-13-18-28-47)40-41-57(49(10-3)31-21-24-42(5)9-2)50-38-36-46(37-39-50)44(7)35-34-43(6)45-25-15-12-16-26-45/h8-10,12-23,25-34,36-41,44H,11,24,35H2,1-7H3/b23-8-,31-21-,41-40+,42-9+,43-34+,49-10+. The molecule has 0 N–H and O–H groups in total. The molecule has 1 aliphatic carbocycles. The molecule has 0 fully saturated rings. The lowest BCUT2D eigenvalue weighted by Crippen LogP contribution is -2.27. The molecular weight excluding hydrogens is 687 g/mol.